The van der Waals surface area contributed by atoms with Gasteiger partial charge in [-0.3, -0.25) is 4.79 Å². The normalized spacial score (nSPS) is 12.1. The largest absolute Gasteiger partial charge is 0.508 e. The van der Waals surface area contributed by atoms with Crippen molar-refractivity contribution in [1.29, 1.82) is 0 Å². The first-order chi connectivity index (χ1) is 7.61. The zero-order chi connectivity index (χ0) is 12.0. The van der Waals surface area contributed by atoms with Gasteiger partial charge in [0, 0.05) is 6.54 Å². The lowest BCUT2D eigenvalue weighted by Gasteiger charge is -2.09. The Kier molecular flexibility index (Phi) is 4.79. The van der Waals surface area contributed by atoms with E-state index in [1.807, 2.05) is 6.92 Å². The number of aromatic hydroxyl groups is 1. The fourth-order valence-corrected chi connectivity index (χ4v) is 1.24. The summed E-state index contributed by atoms with van der Waals surface area (Å²) in [5.74, 6) is 0.0590. The van der Waals surface area contributed by atoms with E-state index >= 15 is 0 Å². The maximum atomic E-state index is 11.4. The number of aliphatic hydroxyl groups is 1. The molecule has 0 spiro atoms. The number of nitrogens with one attached hydrogen (secondary N) is 1. The molecule has 0 aliphatic carbocycles. The van der Waals surface area contributed by atoms with Crippen LogP contribution in [0.15, 0.2) is 24.3 Å². The summed E-state index contributed by atoms with van der Waals surface area (Å²) in [7, 11) is 0. The number of aliphatic hydroxyl groups excluding tert-OH is 1. The Morgan fingerprint density at radius 2 is 2.00 bits per heavy atom. The minimum Gasteiger partial charge on any atom is -0.508 e. The number of phenolic OH excluding ortho intramolecular Hbond substituents is 1. The predicted molar refractivity (Wildman–Crippen MR) is 61.1 cm³/mol. The minimum absolute atomic E-state index is 0.127. The van der Waals surface area contributed by atoms with Crippen LogP contribution in [0.5, 0.6) is 5.75 Å². The summed E-state index contributed by atoms with van der Waals surface area (Å²) < 4.78 is 0. The van der Waals surface area contributed by atoms with Gasteiger partial charge in [0.15, 0.2) is 0 Å². The van der Waals surface area contributed by atoms with Crippen LogP contribution in [0.1, 0.15) is 18.9 Å². The Balaban J connectivity index is 2.37. The summed E-state index contributed by atoms with van der Waals surface area (Å²) in [6, 6.07) is 6.49. The molecule has 0 saturated heterocycles. The molecule has 1 amide bonds. The molecular weight excluding hydrogens is 206 g/mol. The van der Waals surface area contributed by atoms with Gasteiger partial charge < -0.3 is 15.5 Å². The number of hydrogen-bond donors (Lipinski definition) is 3. The van der Waals surface area contributed by atoms with Crippen LogP contribution in [0.4, 0.5) is 0 Å². The van der Waals surface area contributed by atoms with Gasteiger partial charge in [0.1, 0.15) is 5.75 Å². The monoisotopic (exact) mass is 223 g/mol. The molecule has 0 radical (unpaired) electrons. The van der Waals surface area contributed by atoms with Crippen molar-refractivity contribution >= 4 is 5.91 Å². The summed E-state index contributed by atoms with van der Waals surface area (Å²) in [6.07, 6.45) is 0.403. The van der Waals surface area contributed by atoms with Crippen molar-refractivity contribution in [2.24, 2.45) is 0 Å². The van der Waals surface area contributed by atoms with Crippen molar-refractivity contribution < 1.29 is 15.0 Å². The predicted octanol–water partition coefficient (Wildman–Crippen LogP) is 0.822. The first kappa shape index (κ1) is 12.5. The second-order valence-corrected chi connectivity index (χ2v) is 3.71. The highest BCUT2D eigenvalue weighted by Crippen LogP contribution is 2.09. The fraction of sp³-hybridized carbons (Fsp3) is 0.417. The van der Waals surface area contributed by atoms with E-state index in [-0.39, 0.29) is 24.6 Å². The van der Waals surface area contributed by atoms with Gasteiger partial charge in [-0.1, -0.05) is 19.1 Å². The van der Waals surface area contributed by atoms with E-state index in [0.717, 1.165) is 5.56 Å². The van der Waals surface area contributed by atoms with Crippen LogP contribution in [-0.4, -0.2) is 28.8 Å². The minimum atomic E-state index is -0.483. The summed E-state index contributed by atoms with van der Waals surface area (Å²) in [5.41, 5.74) is 0.835. The third-order valence-corrected chi connectivity index (χ3v) is 2.31. The Hall–Kier alpha value is -1.55. The third-order valence-electron chi connectivity index (χ3n) is 2.31. The van der Waals surface area contributed by atoms with Gasteiger partial charge in [-0.05, 0) is 24.1 Å². The highest BCUT2D eigenvalue weighted by Gasteiger charge is 2.05. The molecule has 1 aromatic rings. The molecule has 1 rings (SSSR count). The van der Waals surface area contributed by atoms with Crippen molar-refractivity contribution in [2.45, 2.75) is 25.9 Å². The number of benzene rings is 1. The summed E-state index contributed by atoms with van der Waals surface area (Å²) in [6.45, 7) is 2.14. The molecule has 4 heteroatoms. The lowest BCUT2D eigenvalue weighted by Crippen LogP contribution is -2.32. The number of carbonyl (C=O) groups excluding carboxylic acids is 1. The van der Waals surface area contributed by atoms with Gasteiger partial charge in [-0.15, -0.1) is 0 Å². The van der Waals surface area contributed by atoms with Crippen LogP contribution >= 0.6 is 0 Å². The molecule has 0 bridgehead atoms. The van der Waals surface area contributed by atoms with E-state index in [1.54, 1.807) is 24.3 Å². The molecule has 0 aliphatic rings. The Morgan fingerprint density at radius 3 is 2.56 bits per heavy atom. The molecular formula is C12H17NO3. The topological polar surface area (TPSA) is 69.6 Å². The average Bonchev–Trinajstić information content (AvgIpc) is 2.29. The molecule has 16 heavy (non-hydrogen) atoms. The standard InChI is InChI=1S/C12H17NO3/c1-2-10(14)8-13-12(16)7-9-3-5-11(15)6-4-9/h3-6,10,14-15H,2,7-8H2,1H3,(H,13,16). The van der Waals surface area contributed by atoms with Crippen LogP contribution in [0, 0.1) is 0 Å². The molecule has 0 saturated carbocycles. The van der Waals surface area contributed by atoms with Crippen LogP contribution < -0.4 is 5.32 Å². The number of amides is 1. The lowest BCUT2D eigenvalue weighted by atomic mass is 10.1. The molecule has 88 valence electrons. The van der Waals surface area contributed by atoms with Crippen molar-refractivity contribution in [2.75, 3.05) is 6.54 Å². The number of hydrogen-bond acceptors (Lipinski definition) is 3. The van der Waals surface area contributed by atoms with Gasteiger partial charge in [0.05, 0.1) is 12.5 Å². The smallest absolute Gasteiger partial charge is 0.224 e. The Labute approximate surface area is 94.9 Å². The molecule has 0 heterocycles. The van der Waals surface area contributed by atoms with Crippen LogP contribution in [-0.2, 0) is 11.2 Å². The third kappa shape index (κ3) is 4.31. The number of phenols is 1. The van der Waals surface area contributed by atoms with E-state index in [1.165, 1.54) is 0 Å². The van der Waals surface area contributed by atoms with E-state index < -0.39 is 6.10 Å². The van der Waals surface area contributed by atoms with E-state index in [4.69, 9.17) is 5.11 Å². The molecule has 1 atom stereocenters. The molecule has 4 nitrogen and oxygen atoms in total. The first-order valence-corrected chi connectivity index (χ1v) is 5.34. The van der Waals surface area contributed by atoms with Gasteiger partial charge in [-0.25, -0.2) is 0 Å². The zero-order valence-corrected chi connectivity index (χ0v) is 9.31. The highest BCUT2D eigenvalue weighted by atomic mass is 16.3. The maximum Gasteiger partial charge on any atom is 0.224 e. The first-order valence-electron chi connectivity index (χ1n) is 5.34. The lowest BCUT2D eigenvalue weighted by molar-refractivity contribution is -0.120. The second-order valence-electron chi connectivity index (χ2n) is 3.71. The molecule has 1 unspecified atom stereocenters. The van der Waals surface area contributed by atoms with E-state index in [0.29, 0.717) is 6.42 Å². The van der Waals surface area contributed by atoms with Gasteiger partial charge in [0.25, 0.3) is 0 Å². The fourth-order valence-electron chi connectivity index (χ4n) is 1.24. The van der Waals surface area contributed by atoms with Crippen molar-refractivity contribution in [3.8, 4) is 5.75 Å². The van der Waals surface area contributed by atoms with Crippen molar-refractivity contribution in [1.82, 2.24) is 5.32 Å². The summed E-state index contributed by atoms with van der Waals surface area (Å²) in [5, 5.41) is 21.0. The second kappa shape index (κ2) is 6.12. The molecule has 0 aromatic heterocycles. The van der Waals surface area contributed by atoms with Gasteiger partial charge in [0.2, 0.25) is 5.91 Å². The zero-order valence-electron chi connectivity index (χ0n) is 9.31. The Bertz CT molecular complexity index is 335. The van der Waals surface area contributed by atoms with Crippen LogP contribution in [0.3, 0.4) is 0 Å². The van der Waals surface area contributed by atoms with Gasteiger partial charge in [-0.2, -0.15) is 0 Å². The van der Waals surface area contributed by atoms with E-state index in [9.17, 15) is 9.90 Å². The quantitative estimate of drug-likeness (QED) is 0.692. The maximum absolute atomic E-state index is 11.4. The van der Waals surface area contributed by atoms with Crippen molar-refractivity contribution in [3.05, 3.63) is 29.8 Å². The summed E-state index contributed by atoms with van der Waals surface area (Å²) >= 11 is 0. The summed E-state index contributed by atoms with van der Waals surface area (Å²) in [4.78, 5) is 11.4. The molecule has 3 N–H and O–H groups in total. The molecule has 1 aromatic carbocycles. The van der Waals surface area contributed by atoms with E-state index in [2.05, 4.69) is 5.32 Å². The van der Waals surface area contributed by atoms with Crippen molar-refractivity contribution in [3.63, 3.8) is 0 Å². The van der Waals surface area contributed by atoms with Crippen LogP contribution in [0.2, 0.25) is 0 Å². The molecule has 0 aliphatic heterocycles. The number of rotatable bonds is 5. The van der Waals surface area contributed by atoms with Gasteiger partial charge >= 0.3 is 0 Å². The highest BCUT2D eigenvalue weighted by molar-refractivity contribution is 5.78. The Morgan fingerprint density at radius 1 is 1.38 bits per heavy atom. The SMILES string of the molecule is CCC(O)CNC(=O)Cc1ccc(O)cc1. The molecule has 0 fully saturated rings. The number of carbonyl (C=O) groups is 1. The van der Waals surface area contributed by atoms with Crippen LogP contribution in [0.25, 0.3) is 0 Å². The average molecular weight is 223 g/mol.